The van der Waals surface area contributed by atoms with Crippen molar-refractivity contribution in [3.05, 3.63) is 81.2 Å². The van der Waals surface area contributed by atoms with Crippen molar-refractivity contribution in [1.82, 2.24) is 4.98 Å². The molecule has 1 unspecified atom stereocenters. The molecule has 2 aliphatic carbocycles. The summed E-state index contributed by atoms with van der Waals surface area (Å²) in [5.41, 5.74) is 1.74. The van der Waals surface area contributed by atoms with Crippen molar-refractivity contribution in [2.45, 2.75) is 5.25 Å². The van der Waals surface area contributed by atoms with Gasteiger partial charge in [0.15, 0.2) is 5.25 Å². The number of carboxylic acids is 1. The van der Waals surface area contributed by atoms with E-state index in [0.29, 0.717) is 5.69 Å². The van der Waals surface area contributed by atoms with Crippen molar-refractivity contribution in [1.29, 1.82) is 0 Å². The molecule has 7 nitrogen and oxygen atoms in total. The second kappa shape index (κ2) is 6.78. The third kappa shape index (κ3) is 3.38. The highest BCUT2D eigenvalue weighted by Crippen LogP contribution is 2.24. The van der Waals surface area contributed by atoms with Crippen molar-refractivity contribution in [3.63, 3.8) is 0 Å². The lowest BCUT2D eigenvalue weighted by atomic mass is 10.1. The van der Waals surface area contributed by atoms with Gasteiger partial charge in [0.25, 0.3) is 5.69 Å². The van der Waals surface area contributed by atoms with Crippen molar-refractivity contribution in [3.8, 4) is 11.3 Å². The molecule has 0 spiro atoms. The Kier molecular flexibility index (Phi) is 4.53. The van der Waals surface area contributed by atoms with Gasteiger partial charge in [0.2, 0.25) is 5.89 Å². The molecule has 1 atom stereocenters. The van der Waals surface area contributed by atoms with Gasteiger partial charge in [-0.15, -0.1) is 0 Å². The van der Waals surface area contributed by atoms with Crippen LogP contribution < -0.4 is 0 Å². The molecule has 1 aromatic heterocycles. The van der Waals surface area contributed by atoms with Crippen LogP contribution in [0.2, 0.25) is 0 Å². The minimum absolute atomic E-state index is 0.0923. The summed E-state index contributed by atoms with van der Waals surface area (Å²) in [6, 6.07) is 14.6. The van der Waals surface area contributed by atoms with E-state index in [1.807, 2.05) is 36.4 Å². The number of hydrogen-bond donors (Lipinski definition) is 2. The van der Waals surface area contributed by atoms with Gasteiger partial charge < -0.3 is 9.52 Å². The lowest BCUT2D eigenvalue weighted by molar-refractivity contribution is -0.386. The van der Waals surface area contributed by atoms with Crippen molar-refractivity contribution >= 4 is 24.3 Å². The van der Waals surface area contributed by atoms with Crippen LogP contribution in [0.15, 0.2) is 59.2 Å². The van der Waals surface area contributed by atoms with E-state index < -0.39 is 11.2 Å². The molecular weight excluding hydrogens is 344 g/mol. The van der Waals surface area contributed by atoms with Gasteiger partial charge in [-0.05, 0) is 11.3 Å². The van der Waals surface area contributed by atoms with Crippen LogP contribution in [0.4, 0.5) is 5.69 Å². The quantitative estimate of drug-likeness (QED) is 0.329. The standard InChI is InChI=1S/C11H9NO3S.C6H3NO2/c13-11(14)9(16)10-12-8(6-15-10)7-4-2-1-3-5-7;8-7(9)6-3-4-1-2-5(4)6/h1-6,9,16H,(H,13,14);1-3H. The summed E-state index contributed by atoms with van der Waals surface area (Å²) in [6.45, 7) is 0. The molecule has 0 bridgehead atoms. The first-order valence-corrected chi connectivity index (χ1v) is 7.69. The second-order valence-electron chi connectivity index (χ2n) is 5.17. The molecule has 1 aromatic carbocycles. The first-order valence-electron chi connectivity index (χ1n) is 7.18. The van der Waals surface area contributed by atoms with E-state index in [0.717, 1.165) is 16.0 Å². The smallest absolute Gasteiger partial charge is 0.325 e. The maximum Gasteiger partial charge on any atom is 0.325 e. The fourth-order valence-electron chi connectivity index (χ4n) is 2.18. The summed E-state index contributed by atoms with van der Waals surface area (Å²) in [5, 5.41) is 19.6. The predicted molar refractivity (Wildman–Crippen MR) is 92.1 cm³/mol. The molecule has 2 aliphatic rings. The minimum atomic E-state index is -1.08. The number of aromatic nitrogens is 1. The first kappa shape index (κ1) is 16.7. The van der Waals surface area contributed by atoms with E-state index in [9.17, 15) is 14.9 Å². The number of benzene rings is 2. The highest BCUT2D eigenvalue weighted by Gasteiger charge is 2.20. The number of carboxylic acid groups (broad SMARTS) is 1. The van der Waals surface area contributed by atoms with Crippen molar-refractivity contribution in [2.75, 3.05) is 0 Å². The fourth-order valence-corrected chi connectivity index (χ4v) is 2.30. The number of hydrogen-bond acceptors (Lipinski definition) is 6. The Morgan fingerprint density at radius 3 is 2.40 bits per heavy atom. The molecule has 0 saturated heterocycles. The van der Waals surface area contributed by atoms with Crippen molar-refractivity contribution < 1.29 is 19.2 Å². The van der Waals surface area contributed by atoms with Crippen LogP contribution >= 0.6 is 12.6 Å². The van der Waals surface area contributed by atoms with Gasteiger partial charge in [-0.1, -0.05) is 36.4 Å². The van der Waals surface area contributed by atoms with E-state index in [-0.39, 0.29) is 16.5 Å². The zero-order valence-corrected chi connectivity index (χ0v) is 13.6. The molecule has 0 fully saturated rings. The third-order valence-corrected chi connectivity index (χ3v) is 4.01. The van der Waals surface area contributed by atoms with Crippen molar-refractivity contribution in [2.24, 2.45) is 0 Å². The Hall–Kier alpha value is -3.13. The molecule has 8 heteroatoms. The second-order valence-corrected chi connectivity index (χ2v) is 5.68. The van der Waals surface area contributed by atoms with Gasteiger partial charge >= 0.3 is 5.97 Å². The van der Waals surface area contributed by atoms with Crippen LogP contribution in [-0.2, 0) is 4.79 Å². The normalized spacial score (nSPS) is 11.9. The Bertz CT molecular complexity index is 1030. The van der Waals surface area contributed by atoms with E-state index in [4.69, 9.17) is 9.52 Å². The predicted octanol–water partition coefficient (Wildman–Crippen LogP) is 3.59. The number of rotatable bonds is 4. The summed E-state index contributed by atoms with van der Waals surface area (Å²) in [4.78, 5) is 24.4. The highest BCUT2D eigenvalue weighted by atomic mass is 32.1. The number of oxazole rings is 1. The first-order chi connectivity index (χ1) is 12.0. The highest BCUT2D eigenvalue weighted by molar-refractivity contribution is 7.81. The molecule has 4 rings (SSSR count). The Labute approximate surface area is 146 Å². The van der Waals surface area contributed by atoms with E-state index in [1.54, 1.807) is 12.1 Å². The molecule has 0 radical (unpaired) electrons. The lowest BCUT2D eigenvalue weighted by Crippen LogP contribution is -2.05. The average molecular weight is 356 g/mol. The summed E-state index contributed by atoms with van der Waals surface area (Å²) in [5.74, 6) is -0.987. The van der Waals surface area contributed by atoms with Crippen LogP contribution in [0.25, 0.3) is 11.3 Å². The SMILES string of the molecule is O=C(O)C(S)c1nc(-c2ccccc2)co1.O=[N+]([O-])c1cc2ccc1=2. The summed E-state index contributed by atoms with van der Waals surface area (Å²) in [6.07, 6.45) is 1.43. The topological polar surface area (TPSA) is 106 Å². The maximum atomic E-state index is 10.7. The fraction of sp³-hybridized carbons (Fsp3) is 0.0588. The van der Waals surface area contributed by atoms with Crippen LogP contribution in [0.5, 0.6) is 0 Å². The van der Waals surface area contributed by atoms with Crippen LogP contribution in [0.1, 0.15) is 11.1 Å². The number of carbonyl (C=O) groups is 1. The Balaban J connectivity index is 0.000000170. The number of nitro groups is 1. The number of aliphatic carboxylic acids is 1. The Morgan fingerprint density at radius 2 is 1.96 bits per heavy atom. The third-order valence-electron chi connectivity index (χ3n) is 3.56. The number of nitro benzene ring substituents is 1. The maximum absolute atomic E-state index is 10.7. The number of non-ortho nitro benzene ring substituents is 1. The van der Waals surface area contributed by atoms with Gasteiger partial charge in [0.1, 0.15) is 12.0 Å². The Morgan fingerprint density at radius 1 is 1.24 bits per heavy atom. The van der Waals surface area contributed by atoms with Gasteiger partial charge in [0.05, 0.1) is 10.1 Å². The molecule has 0 amide bonds. The average Bonchev–Trinajstić information content (AvgIpc) is 3.07. The van der Waals surface area contributed by atoms with Gasteiger partial charge in [-0.3, -0.25) is 14.9 Å². The number of thiol groups is 1. The monoisotopic (exact) mass is 356 g/mol. The molecule has 2 aromatic rings. The summed E-state index contributed by atoms with van der Waals surface area (Å²) in [7, 11) is 0. The van der Waals surface area contributed by atoms with Crippen LogP contribution in [-0.4, -0.2) is 21.0 Å². The van der Waals surface area contributed by atoms with Crippen LogP contribution in [0, 0.1) is 20.6 Å². The summed E-state index contributed by atoms with van der Waals surface area (Å²) < 4.78 is 5.07. The minimum Gasteiger partial charge on any atom is -0.480 e. The number of nitrogens with zero attached hydrogens (tertiary/aromatic N) is 2. The zero-order valence-electron chi connectivity index (χ0n) is 12.7. The lowest BCUT2D eigenvalue weighted by Gasteiger charge is -2.01. The zero-order chi connectivity index (χ0) is 18.0. The molecule has 1 heterocycles. The molecule has 126 valence electrons. The van der Waals surface area contributed by atoms with Gasteiger partial charge in [-0.2, -0.15) is 12.6 Å². The molecule has 0 saturated carbocycles. The molecule has 0 aliphatic heterocycles. The van der Waals surface area contributed by atoms with E-state index in [2.05, 4.69) is 17.6 Å². The van der Waals surface area contributed by atoms with E-state index >= 15 is 0 Å². The van der Waals surface area contributed by atoms with E-state index in [1.165, 1.54) is 6.26 Å². The largest absolute Gasteiger partial charge is 0.480 e. The molecule has 25 heavy (non-hydrogen) atoms. The van der Waals surface area contributed by atoms with Gasteiger partial charge in [-0.25, -0.2) is 4.98 Å². The molecule has 1 N–H and O–H groups in total. The summed E-state index contributed by atoms with van der Waals surface area (Å²) >= 11 is 3.88. The molecular formula is C17H12N2O5S. The van der Waals surface area contributed by atoms with Crippen LogP contribution in [0.3, 0.4) is 0 Å². The van der Waals surface area contributed by atoms with Gasteiger partial charge in [0, 0.05) is 11.6 Å².